The lowest BCUT2D eigenvalue weighted by Gasteiger charge is -2.14. The summed E-state index contributed by atoms with van der Waals surface area (Å²) in [6.07, 6.45) is 10.9. The average Bonchev–Trinajstić information content (AvgIpc) is 2.86. The summed E-state index contributed by atoms with van der Waals surface area (Å²) < 4.78 is 18.0. The molecule has 0 saturated heterocycles. The molecule has 1 N–H and O–H groups in total. The van der Waals surface area contributed by atoms with Crippen LogP contribution in [0.5, 0.6) is 17.2 Å². The second-order valence-electron chi connectivity index (χ2n) is 7.73. The van der Waals surface area contributed by atoms with Gasteiger partial charge >= 0.3 is 5.97 Å². The number of carboxylic acids is 1. The molecular formula is C30H31ClO5. The first-order chi connectivity index (χ1) is 17.3. The van der Waals surface area contributed by atoms with E-state index in [1.165, 1.54) is 0 Å². The van der Waals surface area contributed by atoms with Crippen molar-refractivity contribution < 1.29 is 24.1 Å². The summed E-state index contributed by atoms with van der Waals surface area (Å²) in [6, 6.07) is 14.5. The molecule has 36 heavy (non-hydrogen) atoms. The van der Waals surface area contributed by atoms with E-state index in [1.807, 2.05) is 50.3 Å². The molecule has 0 atom stereocenters. The van der Waals surface area contributed by atoms with Gasteiger partial charge in [-0.05, 0) is 74.4 Å². The van der Waals surface area contributed by atoms with E-state index < -0.39 is 5.97 Å². The average molecular weight is 507 g/mol. The van der Waals surface area contributed by atoms with Crippen LogP contribution in [0.3, 0.4) is 0 Å². The van der Waals surface area contributed by atoms with Crippen molar-refractivity contribution in [1.82, 2.24) is 0 Å². The molecule has 0 heterocycles. The second kappa shape index (κ2) is 15.1. The van der Waals surface area contributed by atoms with E-state index in [9.17, 15) is 4.79 Å². The van der Waals surface area contributed by atoms with E-state index >= 15 is 0 Å². The van der Waals surface area contributed by atoms with Crippen LogP contribution >= 0.6 is 11.6 Å². The van der Waals surface area contributed by atoms with Gasteiger partial charge in [0, 0.05) is 17.5 Å². The van der Waals surface area contributed by atoms with Gasteiger partial charge < -0.3 is 19.3 Å². The third kappa shape index (κ3) is 10.1. The van der Waals surface area contributed by atoms with Crippen LogP contribution in [0.2, 0.25) is 5.02 Å². The van der Waals surface area contributed by atoms with Gasteiger partial charge in [0.05, 0.1) is 0 Å². The normalized spacial score (nSPS) is 12.6. The predicted molar refractivity (Wildman–Crippen MR) is 145 cm³/mol. The predicted octanol–water partition coefficient (Wildman–Crippen LogP) is 8.42. The summed E-state index contributed by atoms with van der Waals surface area (Å²) in [5, 5.41) is 9.41. The lowest BCUT2D eigenvalue weighted by atomic mass is 10.1. The number of carbonyl (C=O) groups is 1. The van der Waals surface area contributed by atoms with Gasteiger partial charge in [0.1, 0.15) is 23.9 Å². The number of halogens is 1. The highest BCUT2D eigenvalue weighted by molar-refractivity contribution is 6.30. The third-order valence-electron chi connectivity index (χ3n) is 4.98. The molecule has 0 saturated carbocycles. The Morgan fingerprint density at radius 3 is 2.44 bits per heavy atom. The molecular weight excluding hydrogens is 476 g/mol. The van der Waals surface area contributed by atoms with Crippen LogP contribution in [-0.4, -0.2) is 17.7 Å². The summed E-state index contributed by atoms with van der Waals surface area (Å²) in [4.78, 5) is 10.8. The first kappa shape index (κ1) is 28.3. The number of allylic oxidation sites excluding steroid dienone is 7. The Bertz CT molecular complexity index is 1170. The van der Waals surface area contributed by atoms with Crippen LogP contribution in [-0.2, 0) is 9.53 Å². The van der Waals surface area contributed by atoms with Crippen molar-refractivity contribution in [3.63, 3.8) is 0 Å². The first-order valence-corrected chi connectivity index (χ1v) is 11.7. The van der Waals surface area contributed by atoms with E-state index in [2.05, 4.69) is 13.2 Å². The molecule has 0 unspecified atom stereocenters. The number of carboxylic acid groups (broad SMARTS) is 1. The third-order valence-corrected chi connectivity index (χ3v) is 5.22. The van der Waals surface area contributed by atoms with Gasteiger partial charge in [-0.1, -0.05) is 60.7 Å². The molecule has 0 radical (unpaired) electrons. The zero-order chi connectivity index (χ0) is 26.3. The van der Waals surface area contributed by atoms with Crippen molar-refractivity contribution in [2.75, 3.05) is 6.61 Å². The summed E-state index contributed by atoms with van der Waals surface area (Å²) in [5.74, 6) is 1.86. The SMILES string of the molecule is C=C/C=C\C(=C/CO/C(C=C)=C/C(C)=C(\C)CCC(=O)O)Oc1ccc(Cl)cc1Oc1ccccc1. The number of hydrogen-bond acceptors (Lipinski definition) is 4. The van der Waals surface area contributed by atoms with Crippen LogP contribution in [0.4, 0.5) is 0 Å². The van der Waals surface area contributed by atoms with Crippen LogP contribution in [0.25, 0.3) is 0 Å². The highest BCUT2D eigenvalue weighted by atomic mass is 35.5. The number of rotatable bonds is 14. The van der Waals surface area contributed by atoms with Crippen molar-refractivity contribution in [1.29, 1.82) is 0 Å². The molecule has 0 aliphatic carbocycles. The molecule has 5 nitrogen and oxygen atoms in total. The van der Waals surface area contributed by atoms with Crippen LogP contribution in [0.15, 0.2) is 121 Å². The minimum absolute atomic E-state index is 0.0844. The van der Waals surface area contributed by atoms with Crippen LogP contribution in [0, 0.1) is 0 Å². The van der Waals surface area contributed by atoms with E-state index in [0.29, 0.717) is 40.2 Å². The summed E-state index contributed by atoms with van der Waals surface area (Å²) in [5.41, 5.74) is 1.91. The topological polar surface area (TPSA) is 65.0 Å². The first-order valence-electron chi connectivity index (χ1n) is 11.4. The Labute approximate surface area is 218 Å². The van der Waals surface area contributed by atoms with Gasteiger partial charge in [-0.25, -0.2) is 0 Å². The number of hydrogen-bond donors (Lipinski definition) is 1. The molecule has 0 aliphatic heterocycles. The molecule has 2 aromatic carbocycles. The Morgan fingerprint density at radius 2 is 1.78 bits per heavy atom. The van der Waals surface area contributed by atoms with Crippen molar-refractivity contribution in [3.8, 4) is 17.2 Å². The highest BCUT2D eigenvalue weighted by Gasteiger charge is 2.10. The molecule has 2 aromatic rings. The maximum atomic E-state index is 10.8. The van der Waals surface area contributed by atoms with Crippen molar-refractivity contribution in [2.45, 2.75) is 26.7 Å². The summed E-state index contributed by atoms with van der Waals surface area (Å²) in [6.45, 7) is 11.5. The number of aliphatic carboxylic acids is 1. The van der Waals surface area contributed by atoms with Crippen molar-refractivity contribution in [2.24, 2.45) is 0 Å². The Kier molecular flexibility index (Phi) is 11.9. The molecule has 0 spiro atoms. The summed E-state index contributed by atoms with van der Waals surface area (Å²) >= 11 is 6.19. The van der Waals surface area contributed by atoms with Crippen LogP contribution < -0.4 is 9.47 Å². The number of ether oxygens (including phenoxy) is 3. The fourth-order valence-corrected chi connectivity index (χ4v) is 3.06. The van der Waals surface area contributed by atoms with Gasteiger partial charge in [-0.2, -0.15) is 0 Å². The fraction of sp³-hybridized carbons (Fsp3) is 0.167. The zero-order valence-corrected chi connectivity index (χ0v) is 21.3. The lowest BCUT2D eigenvalue weighted by molar-refractivity contribution is -0.136. The maximum absolute atomic E-state index is 10.8. The molecule has 2 rings (SSSR count). The molecule has 0 aromatic heterocycles. The van der Waals surface area contributed by atoms with Gasteiger partial charge in [0.25, 0.3) is 0 Å². The largest absolute Gasteiger partial charge is 0.489 e. The van der Waals surface area contributed by atoms with Gasteiger partial charge in [0.2, 0.25) is 0 Å². The molecule has 0 aliphatic rings. The van der Waals surface area contributed by atoms with Gasteiger partial charge in [-0.15, -0.1) is 0 Å². The highest BCUT2D eigenvalue weighted by Crippen LogP contribution is 2.35. The van der Waals surface area contributed by atoms with E-state index in [4.69, 9.17) is 30.9 Å². The number of benzene rings is 2. The smallest absolute Gasteiger partial charge is 0.303 e. The maximum Gasteiger partial charge on any atom is 0.303 e. The second-order valence-corrected chi connectivity index (χ2v) is 8.16. The lowest BCUT2D eigenvalue weighted by Crippen LogP contribution is -1.99. The van der Waals surface area contributed by atoms with Gasteiger partial charge in [-0.3, -0.25) is 4.79 Å². The fourth-order valence-electron chi connectivity index (χ4n) is 2.90. The molecule has 0 bridgehead atoms. The molecule has 0 amide bonds. The van der Waals surface area contributed by atoms with E-state index in [-0.39, 0.29) is 13.0 Å². The Hall–Kier alpha value is -3.96. The van der Waals surface area contributed by atoms with Crippen LogP contribution in [0.1, 0.15) is 26.7 Å². The Morgan fingerprint density at radius 1 is 1.03 bits per heavy atom. The monoisotopic (exact) mass is 506 g/mol. The Balaban J connectivity index is 2.19. The molecule has 0 fully saturated rings. The minimum atomic E-state index is -0.824. The minimum Gasteiger partial charge on any atom is -0.489 e. The summed E-state index contributed by atoms with van der Waals surface area (Å²) in [7, 11) is 0. The van der Waals surface area contributed by atoms with E-state index in [0.717, 1.165) is 11.1 Å². The molecule has 188 valence electrons. The van der Waals surface area contributed by atoms with Crippen molar-refractivity contribution in [3.05, 3.63) is 126 Å². The standard InChI is InChI=1S/C30H31ClO5/c1-5-7-11-27(18-19-34-25(6-2)20-23(4)22(3)14-17-30(32)33)35-28-16-15-24(31)21-29(28)36-26-12-9-8-10-13-26/h5-13,15-16,18,20-21H,1-2,14,17,19H2,3-4H3,(H,32,33)/b11-7-,23-22+,25-20+,27-18+. The molecule has 6 heteroatoms. The number of para-hydroxylation sites is 1. The quantitative estimate of drug-likeness (QED) is 0.206. The van der Waals surface area contributed by atoms with E-state index in [1.54, 1.807) is 48.6 Å². The van der Waals surface area contributed by atoms with Crippen molar-refractivity contribution >= 4 is 17.6 Å². The zero-order valence-electron chi connectivity index (χ0n) is 20.6. The van der Waals surface area contributed by atoms with Gasteiger partial charge in [0.15, 0.2) is 11.5 Å².